The van der Waals surface area contributed by atoms with E-state index in [2.05, 4.69) is 29.9 Å². The number of imidazole rings is 1. The molecule has 9 nitrogen and oxygen atoms in total. The highest BCUT2D eigenvalue weighted by Crippen LogP contribution is 2.27. The summed E-state index contributed by atoms with van der Waals surface area (Å²) < 4.78 is 41.7. The molecule has 0 unspecified atom stereocenters. The highest BCUT2D eigenvalue weighted by molar-refractivity contribution is 7.88. The maximum absolute atomic E-state index is 14.5. The summed E-state index contributed by atoms with van der Waals surface area (Å²) in [4.78, 5) is 14.8. The van der Waals surface area contributed by atoms with Crippen molar-refractivity contribution in [2.75, 3.05) is 29.6 Å². The molecule has 11 heteroatoms. The summed E-state index contributed by atoms with van der Waals surface area (Å²) in [5.74, 6) is 0.561. The largest absolute Gasteiger partial charge is 0.368 e. The van der Waals surface area contributed by atoms with E-state index < -0.39 is 15.8 Å². The fourth-order valence-corrected chi connectivity index (χ4v) is 4.59. The summed E-state index contributed by atoms with van der Waals surface area (Å²) in [5, 5.41) is 3.11. The zero-order chi connectivity index (χ0) is 23.0. The Labute approximate surface area is 186 Å². The Kier molecular flexibility index (Phi) is 5.87. The minimum atomic E-state index is -3.20. The number of anilines is 3. The van der Waals surface area contributed by atoms with Gasteiger partial charge in [-0.2, -0.15) is 0 Å². The average Bonchev–Trinajstić information content (AvgIpc) is 3.07. The number of aryl methyl sites for hydroxylation is 1. The Hall–Kier alpha value is -3.05. The second-order valence-corrected chi connectivity index (χ2v) is 9.99. The lowest BCUT2D eigenvalue weighted by Crippen LogP contribution is -2.59. The smallest absolute Gasteiger partial charge is 0.227 e. The van der Waals surface area contributed by atoms with Gasteiger partial charge in [0.05, 0.1) is 30.4 Å². The molecule has 0 amide bonds. The normalized spacial score (nSPS) is 14.6. The van der Waals surface area contributed by atoms with Gasteiger partial charge in [-0.3, -0.25) is 0 Å². The van der Waals surface area contributed by atoms with Crippen LogP contribution in [0.2, 0.25) is 0 Å². The summed E-state index contributed by atoms with van der Waals surface area (Å²) in [5.41, 5.74) is 2.54. The van der Waals surface area contributed by atoms with Crippen molar-refractivity contribution in [1.82, 2.24) is 24.2 Å². The van der Waals surface area contributed by atoms with E-state index in [4.69, 9.17) is 0 Å². The van der Waals surface area contributed by atoms with Crippen LogP contribution in [-0.2, 0) is 10.0 Å². The third kappa shape index (κ3) is 4.73. The topological polar surface area (TPSA) is 105 Å². The minimum Gasteiger partial charge on any atom is -0.368 e. The van der Waals surface area contributed by atoms with Crippen LogP contribution in [0.1, 0.15) is 25.7 Å². The standard InChI is InChI=1S/C21H26FN7O2S/c1-13(2)29-14(3)23-10-19(29)20-18(22)9-24-21(26-20)25-15-5-7-17(8-6-15)28-11-16(12-28)27-32(4,30)31/h5-10,13,16,27H,11-12H2,1-4H3,(H,24,25,26). The first-order chi connectivity index (χ1) is 15.1. The van der Waals surface area contributed by atoms with Gasteiger partial charge >= 0.3 is 0 Å². The van der Waals surface area contributed by atoms with Crippen LogP contribution in [0, 0.1) is 12.7 Å². The van der Waals surface area contributed by atoms with Crippen molar-refractivity contribution < 1.29 is 12.8 Å². The van der Waals surface area contributed by atoms with Gasteiger partial charge in [0.15, 0.2) is 5.82 Å². The van der Waals surface area contributed by atoms with Crippen LogP contribution < -0.4 is 14.9 Å². The Morgan fingerprint density at radius 1 is 1.12 bits per heavy atom. The molecule has 170 valence electrons. The fourth-order valence-electron chi connectivity index (χ4n) is 3.84. The molecule has 1 saturated heterocycles. The van der Waals surface area contributed by atoms with Crippen molar-refractivity contribution in [2.45, 2.75) is 32.9 Å². The number of sulfonamides is 1. The number of hydrogen-bond donors (Lipinski definition) is 2. The van der Waals surface area contributed by atoms with E-state index in [0.29, 0.717) is 18.8 Å². The average molecular weight is 460 g/mol. The molecule has 0 atom stereocenters. The van der Waals surface area contributed by atoms with Crippen molar-refractivity contribution in [3.63, 3.8) is 0 Å². The van der Waals surface area contributed by atoms with Gasteiger partial charge in [0, 0.05) is 30.5 Å². The van der Waals surface area contributed by atoms with E-state index in [1.54, 1.807) is 6.20 Å². The predicted molar refractivity (Wildman–Crippen MR) is 122 cm³/mol. The number of rotatable bonds is 7. The lowest BCUT2D eigenvalue weighted by atomic mass is 10.1. The number of nitrogens with one attached hydrogen (secondary N) is 2. The van der Waals surface area contributed by atoms with Crippen LogP contribution >= 0.6 is 0 Å². The summed E-state index contributed by atoms with van der Waals surface area (Å²) in [6.07, 6.45) is 3.94. The van der Waals surface area contributed by atoms with Gasteiger partial charge < -0.3 is 14.8 Å². The monoisotopic (exact) mass is 459 g/mol. The van der Waals surface area contributed by atoms with Crippen LogP contribution in [0.4, 0.5) is 21.7 Å². The van der Waals surface area contributed by atoms with E-state index in [1.807, 2.05) is 49.6 Å². The summed E-state index contributed by atoms with van der Waals surface area (Å²) in [6.45, 7) is 7.13. The lowest BCUT2D eigenvalue weighted by Gasteiger charge is -2.40. The molecule has 0 radical (unpaired) electrons. The quantitative estimate of drug-likeness (QED) is 0.560. The zero-order valence-electron chi connectivity index (χ0n) is 18.4. The summed E-state index contributed by atoms with van der Waals surface area (Å²) in [6, 6.07) is 7.65. The Balaban J connectivity index is 1.47. The second kappa shape index (κ2) is 8.47. The molecule has 1 aliphatic heterocycles. The van der Waals surface area contributed by atoms with E-state index in [1.165, 1.54) is 0 Å². The third-order valence-corrected chi connectivity index (χ3v) is 6.00. The Morgan fingerprint density at radius 3 is 2.44 bits per heavy atom. The summed E-state index contributed by atoms with van der Waals surface area (Å²) in [7, 11) is -3.20. The first-order valence-corrected chi connectivity index (χ1v) is 12.2. The lowest BCUT2D eigenvalue weighted by molar-refractivity contribution is 0.471. The maximum atomic E-state index is 14.5. The van der Waals surface area contributed by atoms with Crippen LogP contribution in [-0.4, -0.2) is 53.3 Å². The molecular weight excluding hydrogens is 433 g/mol. The van der Waals surface area contributed by atoms with Gasteiger partial charge in [-0.15, -0.1) is 0 Å². The second-order valence-electron chi connectivity index (χ2n) is 8.21. The third-order valence-electron chi connectivity index (χ3n) is 5.24. The van der Waals surface area contributed by atoms with Gasteiger partial charge in [-0.1, -0.05) is 0 Å². The molecule has 0 aliphatic carbocycles. The highest BCUT2D eigenvalue weighted by atomic mass is 32.2. The number of hydrogen-bond acceptors (Lipinski definition) is 7. The van der Waals surface area contributed by atoms with E-state index in [0.717, 1.165) is 29.7 Å². The van der Waals surface area contributed by atoms with Gasteiger partial charge in [0.25, 0.3) is 0 Å². The molecule has 2 N–H and O–H groups in total. The molecule has 3 aromatic rings. The van der Waals surface area contributed by atoms with Crippen LogP contribution in [0.3, 0.4) is 0 Å². The molecule has 0 spiro atoms. The fraction of sp³-hybridized carbons (Fsp3) is 0.381. The number of aromatic nitrogens is 4. The molecular formula is C21H26FN7O2S. The van der Waals surface area contributed by atoms with Crippen molar-refractivity contribution in [1.29, 1.82) is 0 Å². The molecule has 4 rings (SSSR count). The highest BCUT2D eigenvalue weighted by Gasteiger charge is 2.29. The van der Waals surface area contributed by atoms with Gasteiger partial charge in [0.2, 0.25) is 16.0 Å². The first-order valence-electron chi connectivity index (χ1n) is 10.3. The van der Waals surface area contributed by atoms with Gasteiger partial charge in [-0.25, -0.2) is 32.5 Å². The molecule has 1 aromatic carbocycles. The van der Waals surface area contributed by atoms with E-state index in [-0.39, 0.29) is 23.7 Å². The molecule has 2 aromatic heterocycles. The summed E-state index contributed by atoms with van der Waals surface area (Å²) >= 11 is 0. The molecule has 32 heavy (non-hydrogen) atoms. The maximum Gasteiger partial charge on any atom is 0.227 e. The van der Waals surface area contributed by atoms with Crippen molar-refractivity contribution in [2.24, 2.45) is 0 Å². The number of halogens is 1. The molecule has 0 bridgehead atoms. The van der Waals surface area contributed by atoms with Crippen LogP contribution in [0.5, 0.6) is 0 Å². The van der Waals surface area contributed by atoms with Gasteiger partial charge in [-0.05, 0) is 45.0 Å². The van der Waals surface area contributed by atoms with E-state index >= 15 is 0 Å². The first kappa shape index (κ1) is 22.2. The van der Waals surface area contributed by atoms with Crippen molar-refractivity contribution in [3.8, 4) is 11.4 Å². The number of nitrogens with zero attached hydrogens (tertiary/aromatic N) is 5. The molecule has 1 fully saturated rings. The molecule has 0 saturated carbocycles. The van der Waals surface area contributed by atoms with E-state index in [9.17, 15) is 12.8 Å². The van der Waals surface area contributed by atoms with Crippen LogP contribution in [0.15, 0.2) is 36.7 Å². The SMILES string of the molecule is Cc1ncc(-c2nc(Nc3ccc(N4CC(NS(C)(=O)=O)C4)cc3)ncc2F)n1C(C)C. The minimum absolute atomic E-state index is 0.0725. The Bertz CT molecular complexity index is 1220. The zero-order valence-corrected chi connectivity index (χ0v) is 19.2. The molecule has 3 heterocycles. The predicted octanol–water partition coefficient (Wildman–Crippen LogP) is 2.85. The van der Waals surface area contributed by atoms with Crippen LogP contribution in [0.25, 0.3) is 11.4 Å². The van der Waals surface area contributed by atoms with Gasteiger partial charge in [0.1, 0.15) is 11.5 Å². The number of benzene rings is 1. The Morgan fingerprint density at radius 2 is 1.81 bits per heavy atom. The molecule has 1 aliphatic rings. The van der Waals surface area contributed by atoms with Crippen molar-refractivity contribution >= 4 is 27.3 Å². The van der Waals surface area contributed by atoms with Crippen molar-refractivity contribution in [3.05, 3.63) is 48.3 Å².